The summed E-state index contributed by atoms with van der Waals surface area (Å²) in [6.45, 7) is 2.17. The molecule has 106 valence electrons. The summed E-state index contributed by atoms with van der Waals surface area (Å²) in [5.41, 5.74) is 2.22. The van der Waals surface area contributed by atoms with Crippen molar-refractivity contribution in [3.8, 4) is 0 Å². The first-order chi connectivity index (χ1) is 9.61. The lowest BCUT2D eigenvalue weighted by molar-refractivity contribution is 0.0625. The van der Waals surface area contributed by atoms with Gasteiger partial charge < -0.3 is 10.0 Å². The van der Waals surface area contributed by atoms with E-state index in [2.05, 4.69) is 24.0 Å². The van der Waals surface area contributed by atoms with Crippen molar-refractivity contribution < 1.29 is 5.11 Å². The Morgan fingerprint density at radius 1 is 0.800 bits per heavy atom. The normalized spacial score (nSPS) is 15.8. The molecule has 3 atom stereocenters. The molecular formula is C18H23NO. The number of aliphatic hydroxyl groups is 1. The Morgan fingerprint density at radius 3 is 1.70 bits per heavy atom. The third-order valence-electron chi connectivity index (χ3n) is 3.90. The Kier molecular flexibility index (Phi) is 4.94. The van der Waals surface area contributed by atoms with E-state index in [0.29, 0.717) is 0 Å². The minimum Gasteiger partial charge on any atom is -0.387 e. The van der Waals surface area contributed by atoms with Gasteiger partial charge in [0.05, 0.1) is 6.10 Å². The molecule has 0 unspecified atom stereocenters. The van der Waals surface area contributed by atoms with Gasteiger partial charge in [-0.3, -0.25) is 0 Å². The molecule has 20 heavy (non-hydrogen) atoms. The number of nitrogens with zero attached hydrogens (tertiary/aromatic N) is 1. The van der Waals surface area contributed by atoms with E-state index < -0.39 is 6.10 Å². The first kappa shape index (κ1) is 14.8. The van der Waals surface area contributed by atoms with Crippen LogP contribution in [0.1, 0.15) is 30.1 Å². The Hall–Kier alpha value is -1.64. The molecule has 0 aliphatic rings. The molecule has 2 heteroatoms. The summed E-state index contributed by atoms with van der Waals surface area (Å²) in [7, 11) is 4.05. The first-order valence-corrected chi connectivity index (χ1v) is 7.05. The summed E-state index contributed by atoms with van der Waals surface area (Å²) in [5.74, 6) is 0.251. The average Bonchev–Trinajstić information content (AvgIpc) is 2.48. The molecule has 0 radical (unpaired) electrons. The van der Waals surface area contributed by atoms with Crippen molar-refractivity contribution in [1.29, 1.82) is 0 Å². The SMILES string of the molecule is C[C@@H](c1ccccc1)[C@H]([C@@H](O)c1ccccc1)N(C)C. The Morgan fingerprint density at radius 2 is 1.25 bits per heavy atom. The van der Waals surface area contributed by atoms with Gasteiger partial charge in [-0.15, -0.1) is 0 Å². The van der Waals surface area contributed by atoms with E-state index in [1.54, 1.807) is 0 Å². The van der Waals surface area contributed by atoms with Crippen LogP contribution in [0.2, 0.25) is 0 Å². The van der Waals surface area contributed by atoms with Gasteiger partial charge in [0.15, 0.2) is 0 Å². The first-order valence-electron chi connectivity index (χ1n) is 7.05. The van der Waals surface area contributed by atoms with Crippen LogP contribution in [0.5, 0.6) is 0 Å². The van der Waals surface area contributed by atoms with Gasteiger partial charge in [-0.05, 0) is 31.1 Å². The Labute approximate surface area is 121 Å². The largest absolute Gasteiger partial charge is 0.387 e. The summed E-state index contributed by atoms with van der Waals surface area (Å²) in [6.07, 6.45) is -0.499. The van der Waals surface area contributed by atoms with Crippen LogP contribution in [-0.2, 0) is 0 Å². The van der Waals surface area contributed by atoms with Crippen LogP contribution >= 0.6 is 0 Å². The van der Waals surface area contributed by atoms with E-state index in [1.807, 2.05) is 62.6 Å². The second-order valence-corrected chi connectivity index (χ2v) is 5.51. The molecule has 2 aromatic carbocycles. The van der Waals surface area contributed by atoms with Gasteiger partial charge >= 0.3 is 0 Å². The fourth-order valence-electron chi connectivity index (χ4n) is 2.80. The summed E-state index contributed by atoms with van der Waals surface area (Å²) < 4.78 is 0. The van der Waals surface area contributed by atoms with E-state index in [4.69, 9.17) is 0 Å². The smallest absolute Gasteiger partial charge is 0.0950 e. The van der Waals surface area contributed by atoms with Crippen molar-refractivity contribution in [2.45, 2.75) is 25.0 Å². The lowest BCUT2D eigenvalue weighted by Crippen LogP contribution is -2.38. The molecule has 0 spiro atoms. The molecule has 0 saturated carbocycles. The quantitative estimate of drug-likeness (QED) is 0.898. The third-order valence-corrected chi connectivity index (χ3v) is 3.90. The number of likely N-dealkylation sites (N-methyl/N-ethyl adjacent to an activating group) is 1. The second kappa shape index (κ2) is 6.69. The summed E-state index contributed by atoms with van der Waals surface area (Å²) >= 11 is 0. The number of hydrogen-bond donors (Lipinski definition) is 1. The van der Waals surface area contributed by atoms with E-state index >= 15 is 0 Å². The van der Waals surface area contributed by atoms with Gasteiger partial charge in [-0.1, -0.05) is 67.6 Å². The van der Waals surface area contributed by atoms with Crippen LogP contribution in [0.4, 0.5) is 0 Å². The van der Waals surface area contributed by atoms with Crippen molar-refractivity contribution in [3.05, 3.63) is 71.8 Å². The predicted octanol–water partition coefficient (Wildman–Crippen LogP) is 3.45. The van der Waals surface area contributed by atoms with Gasteiger partial charge in [-0.25, -0.2) is 0 Å². The maximum Gasteiger partial charge on any atom is 0.0950 e. The fourth-order valence-corrected chi connectivity index (χ4v) is 2.80. The molecule has 2 nitrogen and oxygen atoms in total. The van der Waals surface area contributed by atoms with Gasteiger partial charge in [0.2, 0.25) is 0 Å². The van der Waals surface area contributed by atoms with E-state index in [-0.39, 0.29) is 12.0 Å². The van der Waals surface area contributed by atoms with E-state index in [0.717, 1.165) is 5.56 Å². The second-order valence-electron chi connectivity index (χ2n) is 5.51. The highest BCUT2D eigenvalue weighted by Gasteiger charge is 2.29. The van der Waals surface area contributed by atoms with Gasteiger partial charge in [-0.2, -0.15) is 0 Å². The maximum absolute atomic E-state index is 10.7. The third kappa shape index (κ3) is 3.27. The van der Waals surface area contributed by atoms with Gasteiger partial charge in [0, 0.05) is 6.04 Å². The predicted molar refractivity (Wildman–Crippen MR) is 83.7 cm³/mol. The lowest BCUT2D eigenvalue weighted by Gasteiger charge is -2.34. The molecular weight excluding hydrogens is 246 g/mol. The standard InChI is InChI=1S/C18H23NO/c1-14(15-10-6-4-7-11-15)17(19(2)3)18(20)16-12-8-5-9-13-16/h4-14,17-18,20H,1-3H3/t14-,17+,18-/m0/s1. The molecule has 0 amide bonds. The van der Waals surface area contributed by atoms with Crippen LogP contribution in [-0.4, -0.2) is 30.1 Å². The Bertz CT molecular complexity index is 464. The van der Waals surface area contributed by atoms with Gasteiger partial charge in [0.25, 0.3) is 0 Å². The number of rotatable bonds is 5. The minimum absolute atomic E-state index is 0.0415. The van der Waals surface area contributed by atoms with Crippen LogP contribution in [0.3, 0.4) is 0 Å². The summed E-state index contributed by atoms with van der Waals surface area (Å²) in [5, 5.41) is 10.7. The Balaban J connectivity index is 2.28. The molecule has 1 N–H and O–H groups in total. The zero-order chi connectivity index (χ0) is 14.5. The van der Waals surface area contributed by atoms with Crippen molar-refractivity contribution in [2.24, 2.45) is 0 Å². The maximum atomic E-state index is 10.7. The highest BCUT2D eigenvalue weighted by molar-refractivity contribution is 5.25. The summed E-state index contributed by atoms with van der Waals surface area (Å²) in [4.78, 5) is 2.11. The minimum atomic E-state index is -0.499. The molecule has 2 rings (SSSR count). The highest BCUT2D eigenvalue weighted by Crippen LogP contribution is 2.31. The monoisotopic (exact) mass is 269 g/mol. The highest BCUT2D eigenvalue weighted by atomic mass is 16.3. The molecule has 0 aliphatic carbocycles. The molecule has 0 saturated heterocycles. The van der Waals surface area contributed by atoms with E-state index in [1.165, 1.54) is 5.56 Å². The van der Waals surface area contributed by atoms with Crippen LogP contribution in [0.15, 0.2) is 60.7 Å². The molecule has 0 fully saturated rings. The molecule has 0 bridgehead atoms. The van der Waals surface area contributed by atoms with Gasteiger partial charge in [0.1, 0.15) is 0 Å². The zero-order valence-electron chi connectivity index (χ0n) is 12.4. The molecule has 0 aliphatic heterocycles. The zero-order valence-corrected chi connectivity index (χ0v) is 12.4. The van der Waals surface area contributed by atoms with Crippen LogP contribution < -0.4 is 0 Å². The van der Waals surface area contributed by atoms with E-state index in [9.17, 15) is 5.11 Å². The average molecular weight is 269 g/mol. The molecule has 0 aromatic heterocycles. The fraction of sp³-hybridized carbons (Fsp3) is 0.333. The number of aliphatic hydroxyl groups excluding tert-OH is 1. The molecule has 2 aromatic rings. The topological polar surface area (TPSA) is 23.5 Å². The summed E-state index contributed by atoms with van der Waals surface area (Å²) in [6, 6.07) is 20.3. The van der Waals surface area contributed by atoms with Crippen LogP contribution in [0, 0.1) is 0 Å². The number of hydrogen-bond acceptors (Lipinski definition) is 2. The van der Waals surface area contributed by atoms with Crippen molar-refractivity contribution in [3.63, 3.8) is 0 Å². The van der Waals surface area contributed by atoms with Crippen molar-refractivity contribution in [2.75, 3.05) is 14.1 Å². The van der Waals surface area contributed by atoms with Crippen molar-refractivity contribution >= 4 is 0 Å². The number of benzene rings is 2. The molecule has 0 heterocycles. The lowest BCUT2D eigenvalue weighted by atomic mass is 9.86. The van der Waals surface area contributed by atoms with Crippen molar-refractivity contribution in [1.82, 2.24) is 4.90 Å². The van der Waals surface area contributed by atoms with Crippen LogP contribution in [0.25, 0.3) is 0 Å².